The molecule has 3 heteroatoms. The van der Waals surface area contributed by atoms with Crippen molar-refractivity contribution in [3.63, 3.8) is 0 Å². The minimum atomic E-state index is -0.394. The summed E-state index contributed by atoms with van der Waals surface area (Å²) in [6.45, 7) is 3.55. The van der Waals surface area contributed by atoms with Crippen molar-refractivity contribution in [3.8, 4) is 11.1 Å². The van der Waals surface area contributed by atoms with E-state index in [0.29, 0.717) is 11.1 Å². The second-order valence-electron chi connectivity index (χ2n) is 4.68. The quantitative estimate of drug-likeness (QED) is 0.872. The average Bonchev–Trinajstić information content (AvgIpc) is 2.42. The van der Waals surface area contributed by atoms with Crippen LogP contribution in [0.3, 0.4) is 0 Å². The fourth-order valence-electron chi connectivity index (χ4n) is 2.13. The van der Waals surface area contributed by atoms with Gasteiger partial charge in [-0.05, 0) is 49.7 Å². The van der Waals surface area contributed by atoms with E-state index in [9.17, 15) is 8.78 Å². The summed E-state index contributed by atoms with van der Waals surface area (Å²) >= 11 is 0. The topological polar surface area (TPSA) is 12.0 Å². The van der Waals surface area contributed by atoms with Crippen LogP contribution in [-0.4, -0.2) is 7.05 Å². The van der Waals surface area contributed by atoms with Crippen molar-refractivity contribution in [1.29, 1.82) is 0 Å². The predicted molar refractivity (Wildman–Crippen MR) is 74.0 cm³/mol. The van der Waals surface area contributed by atoms with Crippen LogP contribution >= 0.6 is 0 Å². The maximum absolute atomic E-state index is 14.1. The first kappa shape index (κ1) is 13.7. The molecule has 1 nitrogen and oxygen atoms in total. The van der Waals surface area contributed by atoms with E-state index in [2.05, 4.69) is 5.32 Å². The Balaban J connectivity index is 2.62. The largest absolute Gasteiger partial charge is 0.313 e. The molecule has 19 heavy (non-hydrogen) atoms. The fourth-order valence-corrected chi connectivity index (χ4v) is 2.13. The van der Waals surface area contributed by atoms with Gasteiger partial charge in [0.25, 0.3) is 0 Å². The van der Waals surface area contributed by atoms with Crippen LogP contribution < -0.4 is 5.32 Å². The third kappa shape index (κ3) is 2.66. The SMILES string of the molecule is CNC(C)c1ccccc1-c1cc(F)c(C)cc1F. The summed E-state index contributed by atoms with van der Waals surface area (Å²) in [5.41, 5.74) is 2.30. The molecule has 0 fully saturated rings. The normalized spacial score (nSPS) is 12.5. The van der Waals surface area contributed by atoms with Crippen LogP contribution in [0.1, 0.15) is 24.1 Å². The Morgan fingerprint density at radius 1 is 1.00 bits per heavy atom. The van der Waals surface area contributed by atoms with Crippen LogP contribution in [-0.2, 0) is 0 Å². The summed E-state index contributed by atoms with van der Waals surface area (Å²) in [6.07, 6.45) is 0. The highest BCUT2D eigenvalue weighted by Crippen LogP contribution is 2.31. The molecule has 2 aromatic carbocycles. The molecule has 0 aliphatic rings. The summed E-state index contributed by atoms with van der Waals surface area (Å²) in [6, 6.07) is 10.1. The monoisotopic (exact) mass is 261 g/mol. The van der Waals surface area contributed by atoms with E-state index < -0.39 is 5.82 Å². The Hall–Kier alpha value is -1.74. The number of hydrogen-bond donors (Lipinski definition) is 1. The molecule has 0 aromatic heterocycles. The highest BCUT2D eigenvalue weighted by Gasteiger charge is 2.15. The lowest BCUT2D eigenvalue weighted by Gasteiger charge is -2.16. The summed E-state index contributed by atoms with van der Waals surface area (Å²) in [5, 5.41) is 3.12. The molecular weight excluding hydrogens is 244 g/mol. The minimum Gasteiger partial charge on any atom is -0.313 e. The van der Waals surface area contributed by atoms with E-state index in [1.54, 1.807) is 6.92 Å². The molecule has 0 radical (unpaired) electrons. The van der Waals surface area contributed by atoms with Gasteiger partial charge in [-0.15, -0.1) is 0 Å². The maximum Gasteiger partial charge on any atom is 0.131 e. The van der Waals surface area contributed by atoms with Gasteiger partial charge in [0.2, 0.25) is 0 Å². The van der Waals surface area contributed by atoms with E-state index in [-0.39, 0.29) is 11.9 Å². The van der Waals surface area contributed by atoms with Gasteiger partial charge in [0, 0.05) is 11.6 Å². The molecule has 0 spiro atoms. The van der Waals surface area contributed by atoms with Gasteiger partial charge in [-0.3, -0.25) is 0 Å². The molecule has 2 aromatic rings. The Bertz CT molecular complexity index is 593. The lowest BCUT2D eigenvalue weighted by atomic mass is 9.94. The van der Waals surface area contributed by atoms with Crippen LogP contribution in [0.25, 0.3) is 11.1 Å². The van der Waals surface area contributed by atoms with Crippen molar-refractivity contribution in [3.05, 3.63) is 59.2 Å². The van der Waals surface area contributed by atoms with Gasteiger partial charge in [-0.1, -0.05) is 24.3 Å². The minimum absolute atomic E-state index is 0.0694. The molecular formula is C16H17F2N. The van der Waals surface area contributed by atoms with Gasteiger partial charge < -0.3 is 5.32 Å². The zero-order valence-electron chi connectivity index (χ0n) is 11.3. The molecule has 1 N–H and O–H groups in total. The molecule has 0 saturated carbocycles. The van der Waals surface area contributed by atoms with Crippen molar-refractivity contribution in [1.82, 2.24) is 5.32 Å². The molecule has 2 rings (SSSR count). The number of hydrogen-bond acceptors (Lipinski definition) is 1. The van der Waals surface area contributed by atoms with E-state index in [0.717, 1.165) is 11.1 Å². The first-order valence-corrected chi connectivity index (χ1v) is 6.26. The van der Waals surface area contributed by atoms with Crippen LogP contribution in [0, 0.1) is 18.6 Å². The molecule has 0 aliphatic carbocycles. The molecule has 100 valence electrons. The van der Waals surface area contributed by atoms with Gasteiger partial charge in [-0.2, -0.15) is 0 Å². The summed E-state index contributed by atoms with van der Waals surface area (Å²) in [7, 11) is 1.84. The molecule has 0 amide bonds. The van der Waals surface area contributed by atoms with Crippen molar-refractivity contribution in [2.45, 2.75) is 19.9 Å². The van der Waals surface area contributed by atoms with Gasteiger partial charge in [0.05, 0.1) is 0 Å². The fraction of sp³-hybridized carbons (Fsp3) is 0.250. The Kier molecular flexibility index (Phi) is 3.96. The van der Waals surface area contributed by atoms with Gasteiger partial charge >= 0.3 is 0 Å². The van der Waals surface area contributed by atoms with Crippen LogP contribution in [0.15, 0.2) is 36.4 Å². The summed E-state index contributed by atoms with van der Waals surface area (Å²) in [5.74, 6) is -0.780. The van der Waals surface area contributed by atoms with Crippen molar-refractivity contribution < 1.29 is 8.78 Å². The Morgan fingerprint density at radius 3 is 2.37 bits per heavy atom. The third-order valence-electron chi connectivity index (χ3n) is 3.40. The second-order valence-corrected chi connectivity index (χ2v) is 4.68. The molecule has 1 atom stereocenters. The van der Waals surface area contributed by atoms with Gasteiger partial charge in [-0.25, -0.2) is 8.78 Å². The van der Waals surface area contributed by atoms with Crippen LogP contribution in [0.5, 0.6) is 0 Å². The van der Waals surface area contributed by atoms with Crippen molar-refractivity contribution in [2.75, 3.05) is 7.05 Å². The van der Waals surface area contributed by atoms with Gasteiger partial charge in [0.1, 0.15) is 11.6 Å². The molecule has 0 bridgehead atoms. The van der Waals surface area contributed by atoms with Crippen molar-refractivity contribution in [2.24, 2.45) is 0 Å². The zero-order chi connectivity index (χ0) is 14.0. The molecule has 0 heterocycles. The summed E-state index contributed by atoms with van der Waals surface area (Å²) < 4.78 is 27.8. The number of benzene rings is 2. The van der Waals surface area contributed by atoms with Crippen LogP contribution in [0.2, 0.25) is 0 Å². The third-order valence-corrected chi connectivity index (χ3v) is 3.40. The first-order valence-electron chi connectivity index (χ1n) is 6.26. The smallest absolute Gasteiger partial charge is 0.131 e. The lowest BCUT2D eigenvalue weighted by Crippen LogP contribution is -2.13. The second kappa shape index (κ2) is 5.49. The highest BCUT2D eigenvalue weighted by atomic mass is 19.1. The first-order chi connectivity index (χ1) is 9.04. The van der Waals surface area contributed by atoms with E-state index in [1.165, 1.54) is 12.1 Å². The van der Waals surface area contributed by atoms with E-state index in [1.807, 2.05) is 38.2 Å². The standard InChI is InChI=1S/C16H17F2N/c1-10-8-16(18)14(9-15(10)17)13-7-5-4-6-12(13)11(2)19-3/h4-9,11,19H,1-3H3. The number of halogens is 2. The Morgan fingerprint density at radius 2 is 1.68 bits per heavy atom. The van der Waals surface area contributed by atoms with Crippen molar-refractivity contribution >= 4 is 0 Å². The van der Waals surface area contributed by atoms with E-state index in [4.69, 9.17) is 0 Å². The van der Waals surface area contributed by atoms with Crippen LogP contribution in [0.4, 0.5) is 8.78 Å². The molecule has 0 aliphatic heterocycles. The summed E-state index contributed by atoms with van der Waals surface area (Å²) in [4.78, 5) is 0. The van der Waals surface area contributed by atoms with E-state index >= 15 is 0 Å². The molecule has 1 unspecified atom stereocenters. The number of rotatable bonds is 3. The average molecular weight is 261 g/mol. The number of nitrogens with one attached hydrogen (secondary N) is 1. The van der Waals surface area contributed by atoms with Gasteiger partial charge in [0.15, 0.2) is 0 Å². The lowest BCUT2D eigenvalue weighted by molar-refractivity contribution is 0.594. The predicted octanol–water partition coefficient (Wildman–Crippen LogP) is 4.22. The molecule has 0 saturated heterocycles. The number of aryl methyl sites for hydroxylation is 1. The maximum atomic E-state index is 14.1. The Labute approximate surface area is 112 Å². The zero-order valence-corrected chi connectivity index (χ0v) is 11.3. The highest BCUT2D eigenvalue weighted by molar-refractivity contribution is 5.69.